The highest BCUT2D eigenvalue weighted by molar-refractivity contribution is 7.89. The molecule has 4 N–H and O–H groups in total. The van der Waals surface area contributed by atoms with Gasteiger partial charge in [0.2, 0.25) is 10.0 Å². The maximum atomic E-state index is 12.1. The van der Waals surface area contributed by atoms with E-state index in [1.807, 2.05) is 0 Å². The molecule has 0 spiro atoms. The predicted molar refractivity (Wildman–Crippen MR) is 76.7 cm³/mol. The van der Waals surface area contributed by atoms with Gasteiger partial charge in [-0.3, -0.25) is 0 Å². The van der Waals surface area contributed by atoms with Crippen LogP contribution in [-0.4, -0.2) is 31.5 Å². The first-order valence-electron chi connectivity index (χ1n) is 6.38. The van der Waals surface area contributed by atoms with Crippen LogP contribution in [0.1, 0.15) is 11.3 Å². The molecule has 0 atom stereocenters. The van der Waals surface area contributed by atoms with Gasteiger partial charge in [-0.15, -0.1) is 0 Å². The first-order valence-corrected chi connectivity index (χ1v) is 7.86. The van der Waals surface area contributed by atoms with Crippen molar-refractivity contribution in [3.05, 3.63) is 48.0 Å². The van der Waals surface area contributed by atoms with Crippen LogP contribution in [0, 0.1) is 0 Å². The van der Waals surface area contributed by atoms with Gasteiger partial charge in [-0.2, -0.15) is 0 Å². The number of nitrogens with zero attached hydrogens (tertiary/aromatic N) is 1. The maximum absolute atomic E-state index is 12.1. The molecule has 0 bridgehead atoms. The van der Waals surface area contributed by atoms with Crippen LogP contribution >= 0.6 is 0 Å². The van der Waals surface area contributed by atoms with Gasteiger partial charge in [-0.05, 0) is 30.7 Å². The molecule has 1 aromatic heterocycles. The Kier molecular flexibility index (Phi) is 4.89. The molecule has 108 valence electrons. The molecule has 0 amide bonds. The summed E-state index contributed by atoms with van der Waals surface area (Å²) in [5.41, 5.74) is 7.38. The summed E-state index contributed by atoms with van der Waals surface area (Å²) in [7, 11) is -3.46. The largest absolute Gasteiger partial charge is 0.348 e. The normalized spacial score (nSPS) is 11.7. The van der Waals surface area contributed by atoms with E-state index in [2.05, 4.69) is 14.7 Å². The average molecular weight is 294 g/mol. The molecule has 1 heterocycles. The highest BCUT2D eigenvalue weighted by atomic mass is 32.2. The second-order valence-electron chi connectivity index (χ2n) is 4.41. The van der Waals surface area contributed by atoms with Crippen LogP contribution in [0.2, 0.25) is 0 Å². The molecule has 2 aromatic rings. The number of nitrogens with one attached hydrogen (secondary N) is 2. The Morgan fingerprint density at radius 2 is 1.95 bits per heavy atom. The van der Waals surface area contributed by atoms with Crippen LogP contribution in [0.5, 0.6) is 0 Å². The Hall–Kier alpha value is -1.70. The minimum Gasteiger partial charge on any atom is -0.348 e. The zero-order valence-corrected chi connectivity index (χ0v) is 11.9. The third-order valence-electron chi connectivity index (χ3n) is 2.91. The van der Waals surface area contributed by atoms with E-state index in [0.29, 0.717) is 19.5 Å². The van der Waals surface area contributed by atoms with Crippen LogP contribution < -0.4 is 10.5 Å². The van der Waals surface area contributed by atoms with Gasteiger partial charge in [0.25, 0.3) is 0 Å². The molecule has 6 nitrogen and oxygen atoms in total. The lowest BCUT2D eigenvalue weighted by atomic mass is 10.2. The van der Waals surface area contributed by atoms with E-state index in [9.17, 15) is 8.42 Å². The number of H-pyrrole nitrogens is 1. The number of aromatic nitrogens is 2. The lowest BCUT2D eigenvalue weighted by Crippen LogP contribution is -2.26. The lowest BCUT2D eigenvalue weighted by molar-refractivity contribution is 0.581. The molecular weight excluding hydrogens is 276 g/mol. The van der Waals surface area contributed by atoms with Crippen molar-refractivity contribution in [2.24, 2.45) is 5.73 Å². The minimum absolute atomic E-state index is 0.267. The van der Waals surface area contributed by atoms with Crippen LogP contribution in [0.4, 0.5) is 0 Å². The summed E-state index contributed by atoms with van der Waals surface area (Å²) in [6.45, 7) is 0.879. The van der Waals surface area contributed by atoms with Crippen molar-refractivity contribution in [2.75, 3.05) is 13.1 Å². The zero-order valence-electron chi connectivity index (χ0n) is 11.0. The van der Waals surface area contributed by atoms with E-state index < -0.39 is 10.0 Å². The number of imidazole rings is 1. The highest BCUT2D eigenvalue weighted by Crippen LogP contribution is 2.10. The fourth-order valence-electron chi connectivity index (χ4n) is 1.83. The predicted octanol–water partition coefficient (Wildman–Crippen LogP) is 0.432. The first kappa shape index (κ1) is 14.7. The van der Waals surface area contributed by atoms with Gasteiger partial charge in [0, 0.05) is 24.9 Å². The molecule has 0 fully saturated rings. The summed E-state index contributed by atoms with van der Waals surface area (Å²) < 4.78 is 26.7. The number of benzene rings is 1. The van der Waals surface area contributed by atoms with Crippen LogP contribution in [0.15, 0.2) is 41.7 Å². The maximum Gasteiger partial charge on any atom is 0.240 e. The van der Waals surface area contributed by atoms with E-state index in [1.54, 1.807) is 36.8 Å². The Morgan fingerprint density at radius 1 is 1.20 bits per heavy atom. The van der Waals surface area contributed by atoms with Gasteiger partial charge in [0.15, 0.2) is 0 Å². The molecular formula is C13H18N4O2S. The van der Waals surface area contributed by atoms with Gasteiger partial charge in [-0.1, -0.05) is 12.1 Å². The number of nitrogens with two attached hydrogens (primary N) is 1. The van der Waals surface area contributed by atoms with Crippen molar-refractivity contribution in [1.29, 1.82) is 0 Å². The molecule has 7 heteroatoms. The molecule has 0 unspecified atom stereocenters. The van der Waals surface area contributed by atoms with E-state index in [-0.39, 0.29) is 4.90 Å². The number of sulfonamides is 1. The van der Waals surface area contributed by atoms with Crippen molar-refractivity contribution in [1.82, 2.24) is 14.7 Å². The van der Waals surface area contributed by atoms with Gasteiger partial charge in [0.1, 0.15) is 0 Å². The Bertz CT molecular complexity index is 621. The van der Waals surface area contributed by atoms with Crippen LogP contribution in [-0.2, 0) is 22.9 Å². The van der Waals surface area contributed by atoms with Crippen molar-refractivity contribution < 1.29 is 8.42 Å². The smallest absolute Gasteiger partial charge is 0.240 e. The standard InChI is InChI=1S/C13H18N4O2S/c14-7-5-11-1-3-13(4-2-11)20(18,19)17-8-6-12-9-15-10-16-12/h1-4,9-10,17H,5-8,14H2,(H,15,16). The zero-order chi connectivity index (χ0) is 14.4. The SMILES string of the molecule is NCCc1ccc(S(=O)(=O)NCCc2cnc[nH]2)cc1. The van der Waals surface area contributed by atoms with Gasteiger partial charge < -0.3 is 10.7 Å². The quantitative estimate of drug-likeness (QED) is 0.689. The van der Waals surface area contributed by atoms with E-state index in [4.69, 9.17) is 5.73 Å². The summed E-state index contributed by atoms with van der Waals surface area (Å²) in [4.78, 5) is 7.07. The van der Waals surface area contributed by atoms with Crippen LogP contribution in [0.25, 0.3) is 0 Å². The molecule has 2 rings (SSSR count). The molecule has 0 radical (unpaired) electrons. The fourth-order valence-corrected chi connectivity index (χ4v) is 2.86. The average Bonchev–Trinajstić information content (AvgIpc) is 2.93. The van der Waals surface area contributed by atoms with Crippen molar-refractivity contribution in [2.45, 2.75) is 17.7 Å². The molecule has 20 heavy (non-hydrogen) atoms. The molecule has 0 saturated carbocycles. The topological polar surface area (TPSA) is 101 Å². The summed E-state index contributed by atoms with van der Waals surface area (Å²) in [6.07, 6.45) is 4.56. The Balaban J connectivity index is 1.95. The number of aromatic amines is 1. The van der Waals surface area contributed by atoms with Gasteiger partial charge in [-0.25, -0.2) is 18.1 Å². The summed E-state index contributed by atoms with van der Waals surface area (Å²) in [6, 6.07) is 6.78. The second kappa shape index (κ2) is 6.65. The Labute approximate surface area is 118 Å². The monoisotopic (exact) mass is 294 g/mol. The molecule has 0 saturated heterocycles. The van der Waals surface area contributed by atoms with Crippen molar-refractivity contribution in [3.63, 3.8) is 0 Å². The first-order chi connectivity index (χ1) is 9.62. The van der Waals surface area contributed by atoms with E-state index in [0.717, 1.165) is 17.7 Å². The third kappa shape index (κ3) is 3.89. The van der Waals surface area contributed by atoms with Crippen molar-refractivity contribution >= 4 is 10.0 Å². The molecule has 0 aliphatic heterocycles. The van der Waals surface area contributed by atoms with E-state index >= 15 is 0 Å². The number of hydrogen-bond donors (Lipinski definition) is 3. The third-order valence-corrected chi connectivity index (χ3v) is 4.38. The summed E-state index contributed by atoms with van der Waals surface area (Å²) in [5, 5.41) is 0. The molecule has 0 aliphatic rings. The van der Waals surface area contributed by atoms with Gasteiger partial charge in [0.05, 0.1) is 11.2 Å². The molecule has 0 aliphatic carbocycles. The van der Waals surface area contributed by atoms with E-state index in [1.165, 1.54) is 0 Å². The van der Waals surface area contributed by atoms with Gasteiger partial charge >= 0.3 is 0 Å². The number of rotatable bonds is 7. The Morgan fingerprint density at radius 3 is 2.55 bits per heavy atom. The van der Waals surface area contributed by atoms with Crippen LogP contribution in [0.3, 0.4) is 0 Å². The lowest BCUT2D eigenvalue weighted by Gasteiger charge is -2.07. The number of hydrogen-bond acceptors (Lipinski definition) is 4. The van der Waals surface area contributed by atoms with Crippen molar-refractivity contribution in [3.8, 4) is 0 Å². The minimum atomic E-state index is -3.46. The molecule has 1 aromatic carbocycles. The summed E-state index contributed by atoms with van der Waals surface area (Å²) in [5.74, 6) is 0. The summed E-state index contributed by atoms with van der Waals surface area (Å²) >= 11 is 0. The highest BCUT2D eigenvalue weighted by Gasteiger charge is 2.13. The second-order valence-corrected chi connectivity index (χ2v) is 6.17. The fraction of sp³-hybridized carbons (Fsp3) is 0.308.